The second kappa shape index (κ2) is 5.48. The van der Waals surface area contributed by atoms with Gasteiger partial charge in [-0.05, 0) is 47.2 Å². The molecular formula is C12H11BrINO2. The van der Waals surface area contributed by atoms with Crippen molar-refractivity contribution in [2.24, 2.45) is 0 Å². The summed E-state index contributed by atoms with van der Waals surface area (Å²) in [5.74, 6) is 0.0957. The number of carbonyl (C=O) groups excluding carboxylic acids is 2. The number of nitrogens with zero attached hydrogens (tertiary/aromatic N) is 1. The van der Waals surface area contributed by atoms with Crippen molar-refractivity contribution in [2.45, 2.75) is 12.8 Å². The lowest BCUT2D eigenvalue weighted by molar-refractivity contribution is -0.121. The number of hydrogen-bond acceptors (Lipinski definition) is 2. The zero-order chi connectivity index (χ0) is 12.4. The number of ketones is 1. The summed E-state index contributed by atoms with van der Waals surface area (Å²) >= 11 is 5.50. The number of hydrogen-bond donors (Lipinski definition) is 0. The van der Waals surface area contributed by atoms with E-state index in [1.807, 2.05) is 18.2 Å². The van der Waals surface area contributed by atoms with Crippen molar-refractivity contribution in [1.82, 2.24) is 4.90 Å². The molecule has 0 unspecified atom stereocenters. The molecule has 1 saturated heterocycles. The van der Waals surface area contributed by atoms with Gasteiger partial charge in [-0.25, -0.2) is 0 Å². The normalized spacial score (nSPS) is 16.1. The molecule has 0 saturated carbocycles. The molecule has 0 spiro atoms. The summed E-state index contributed by atoms with van der Waals surface area (Å²) in [6.07, 6.45) is 1.37. The number of carbonyl (C=O) groups is 2. The molecule has 1 fully saturated rings. The number of rotatable bonds is 1. The molecule has 1 aromatic rings. The standard InChI is InChI=1S/C12H11BrINO2/c13-8-3-4-11(14)10(6-8)12(17)15-5-1-2-9(16)7-15/h3-4,6H,1-2,5,7H2. The highest BCUT2D eigenvalue weighted by Crippen LogP contribution is 2.21. The minimum Gasteiger partial charge on any atom is -0.331 e. The molecule has 0 aliphatic carbocycles. The summed E-state index contributed by atoms with van der Waals surface area (Å²) in [6, 6.07) is 5.60. The maximum Gasteiger partial charge on any atom is 0.255 e. The fourth-order valence-corrected chi connectivity index (χ4v) is 2.77. The number of amides is 1. The summed E-state index contributed by atoms with van der Waals surface area (Å²) in [5, 5.41) is 0. The number of halogens is 2. The summed E-state index contributed by atoms with van der Waals surface area (Å²) in [6.45, 7) is 0.925. The SMILES string of the molecule is O=C1CCCN(C(=O)c2cc(Br)ccc2I)C1. The Morgan fingerprint density at radius 2 is 2.18 bits per heavy atom. The van der Waals surface area contributed by atoms with E-state index in [9.17, 15) is 9.59 Å². The predicted octanol–water partition coefficient (Wildman–Crippen LogP) is 2.86. The number of piperidine rings is 1. The van der Waals surface area contributed by atoms with Gasteiger partial charge in [0, 0.05) is 21.0 Å². The molecule has 0 N–H and O–H groups in total. The Hall–Kier alpha value is -0.430. The van der Waals surface area contributed by atoms with Crippen LogP contribution >= 0.6 is 38.5 Å². The zero-order valence-corrected chi connectivity index (χ0v) is 12.8. The fraction of sp³-hybridized carbons (Fsp3) is 0.333. The van der Waals surface area contributed by atoms with Gasteiger partial charge in [-0.3, -0.25) is 9.59 Å². The van der Waals surface area contributed by atoms with Crippen LogP contribution in [0.25, 0.3) is 0 Å². The van der Waals surface area contributed by atoms with Gasteiger partial charge in [0.25, 0.3) is 5.91 Å². The van der Waals surface area contributed by atoms with Gasteiger partial charge in [0.1, 0.15) is 0 Å². The Labute approximate surface area is 122 Å². The second-order valence-electron chi connectivity index (χ2n) is 3.99. The van der Waals surface area contributed by atoms with E-state index in [0.29, 0.717) is 18.5 Å². The van der Waals surface area contributed by atoms with Crippen LogP contribution in [0.2, 0.25) is 0 Å². The fourth-order valence-electron chi connectivity index (χ4n) is 1.84. The lowest BCUT2D eigenvalue weighted by Crippen LogP contribution is -2.40. The van der Waals surface area contributed by atoms with Crippen molar-refractivity contribution < 1.29 is 9.59 Å². The van der Waals surface area contributed by atoms with Crippen molar-refractivity contribution in [3.8, 4) is 0 Å². The first-order valence-corrected chi connectivity index (χ1v) is 7.21. The van der Waals surface area contributed by atoms with Gasteiger partial charge < -0.3 is 4.90 Å². The van der Waals surface area contributed by atoms with Gasteiger partial charge in [0.2, 0.25) is 0 Å². The van der Waals surface area contributed by atoms with Crippen LogP contribution in [-0.2, 0) is 4.79 Å². The molecule has 1 amide bonds. The molecule has 2 rings (SSSR count). The molecule has 0 atom stereocenters. The highest BCUT2D eigenvalue weighted by Gasteiger charge is 2.23. The van der Waals surface area contributed by atoms with Crippen molar-refractivity contribution in [2.75, 3.05) is 13.1 Å². The molecule has 1 aliphatic rings. The van der Waals surface area contributed by atoms with E-state index in [0.717, 1.165) is 14.5 Å². The zero-order valence-electron chi connectivity index (χ0n) is 9.08. The van der Waals surface area contributed by atoms with Gasteiger partial charge in [0.05, 0.1) is 12.1 Å². The van der Waals surface area contributed by atoms with Gasteiger partial charge in [0.15, 0.2) is 5.78 Å². The molecule has 90 valence electrons. The van der Waals surface area contributed by atoms with Crippen LogP contribution in [-0.4, -0.2) is 29.7 Å². The van der Waals surface area contributed by atoms with E-state index in [-0.39, 0.29) is 18.2 Å². The van der Waals surface area contributed by atoms with Crippen LogP contribution in [0.5, 0.6) is 0 Å². The Kier molecular flexibility index (Phi) is 4.19. The van der Waals surface area contributed by atoms with Crippen molar-refractivity contribution in [3.05, 3.63) is 31.8 Å². The Morgan fingerprint density at radius 1 is 1.41 bits per heavy atom. The van der Waals surface area contributed by atoms with Gasteiger partial charge in [-0.15, -0.1) is 0 Å². The summed E-state index contributed by atoms with van der Waals surface area (Å²) in [7, 11) is 0. The number of benzene rings is 1. The average molecular weight is 408 g/mol. The van der Waals surface area contributed by atoms with Gasteiger partial charge in [-0.1, -0.05) is 15.9 Å². The first-order chi connectivity index (χ1) is 8.08. The highest BCUT2D eigenvalue weighted by atomic mass is 127. The van der Waals surface area contributed by atoms with Gasteiger partial charge >= 0.3 is 0 Å². The topological polar surface area (TPSA) is 37.4 Å². The average Bonchev–Trinajstić information content (AvgIpc) is 2.31. The maximum atomic E-state index is 12.3. The third-order valence-electron chi connectivity index (χ3n) is 2.70. The number of likely N-dealkylation sites (tertiary alicyclic amines) is 1. The molecule has 1 aromatic carbocycles. The monoisotopic (exact) mass is 407 g/mol. The van der Waals surface area contributed by atoms with E-state index >= 15 is 0 Å². The van der Waals surface area contributed by atoms with Crippen LogP contribution in [0, 0.1) is 3.57 Å². The predicted molar refractivity (Wildman–Crippen MR) is 77.0 cm³/mol. The first kappa shape index (κ1) is 13.0. The first-order valence-electron chi connectivity index (χ1n) is 5.34. The summed E-state index contributed by atoms with van der Waals surface area (Å²) in [5.41, 5.74) is 0.662. The lowest BCUT2D eigenvalue weighted by atomic mass is 10.1. The molecule has 0 aromatic heterocycles. The van der Waals surface area contributed by atoms with E-state index in [4.69, 9.17) is 0 Å². The number of Topliss-reactive ketones (excluding diaryl/α,β-unsaturated/α-hetero) is 1. The molecular weight excluding hydrogens is 397 g/mol. The summed E-state index contributed by atoms with van der Waals surface area (Å²) < 4.78 is 1.79. The minimum atomic E-state index is -0.0521. The van der Waals surface area contributed by atoms with Crippen molar-refractivity contribution in [3.63, 3.8) is 0 Å². The largest absolute Gasteiger partial charge is 0.331 e. The van der Waals surface area contributed by atoms with E-state index in [2.05, 4.69) is 38.5 Å². The third-order valence-corrected chi connectivity index (χ3v) is 4.13. The van der Waals surface area contributed by atoms with E-state index in [1.54, 1.807) is 4.90 Å². The molecule has 3 nitrogen and oxygen atoms in total. The Balaban J connectivity index is 2.24. The Bertz CT molecular complexity index is 476. The summed E-state index contributed by atoms with van der Waals surface area (Å²) in [4.78, 5) is 25.3. The second-order valence-corrected chi connectivity index (χ2v) is 6.07. The van der Waals surface area contributed by atoms with Crippen molar-refractivity contribution in [1.29, 1.82) is 0 Å². The molecule has 1 heterocycles. The van der Waals surface area contributed by atoms with E-state index < -0.39 is 0 Å². The van der Waals surface area contributed by atoms with Crippen LogP contribution in [0.3, 0.4) is 0 Å². The van der Waals surface area contributed by atoms with Crippen LogP contribution in [0.15, 0.2) is 22.7 Å². The van der Waals surface area contributed by atoms with E-state index in [1.165, 1.54) is 0 Å². The maximum absolute atomic E-state index is 12.3. The van der Waals surface area contributed by atoms with Crippen molar-refractivity contribution >= 4 is 50.2 Å². The highest BCUT2D eigenvalue weighted by molar-refractivity contribution is 14.1. The smallest absolute Gasteiger partial charge is 0.255 e. The Morgan fingerprint density at radius 3 is 2.88 bits per heavy atom. The van der Waals surface area contributed by atoms with Gasteiger partial charge in [-0.2, -0.15) is 0 Å². The quantitative estimate of drug-likeness (QED) is 0.671. The third kappa shape index (κ3) is 3.07. The van der Waals surface area contributed by atoms with Crippen LogP contribution in [0.1, 0.15) is 23.2 Å². The molecule has 17 heavy (non-hydrogen) atoms. The van der Waals surface area contributed by atoms with Crippen LogP contribution in [0.4, 0.5) is 0 Å². The minimum absolute atomic E-state index is 0.0521. The molecule has 1 aliphatic heterocycles. The lowest BCUT2D eigenvalue weighted by Gasteiger charge is -2.26. The molecule has 0 bridgehead atoms. The molecule has 0 radical (unpaired) electrons. The van der Waals surface area contributed by atoms with Crippen LogP contribution < -0.4 is 0 Å². The molecule has 5 heteroatoms.